The summed E-state index contributed by atoms with van der Waals surface area (Å²) in [6.07, 6.45) is -1.26. The van der Waals surface area contributed by atoms with E-state index in [1.807, 2.05) is 0 Å². The van der Waals surface area contributed by atoms with E-state index in [1.165, 1.54) is 13.2 Å². The Morgan fingerprint density at radius 2 is 2.00 bits per heavy atom. The molecule has 3 nitrogen and oxygen atoms in total. The van der Waals surface area contributed by atoms with E-state index in [0.29, 0.717) is 12.0 Å². The highest BCUT2D eigenvalue weighted by Crippen LogP contribution is 2.21. The summed E-state index contributed by atoms with van der Waals surface area (Å²) in [5.74, 6) is -0.331. The van der Waals surface area contributed by atoms with Crippen molar-refractivity contribution in [2.45, 2.75) is 32.0 Å². The van der Waals surface area contributed by atoms with Crippen molar-refractivity contribution in [2.24, 2.45) is 0 Å². The maximum absolute atomic E-state index is 13.7. The maximum Gasteiger partial charge on any atom is 0.168 e. The molecule has 0 spiro atoms. The fourth-order valence-electron chi connectivity index (χ4n) is 1.50. The van der Waals surface area contributed by atoms with Gasteiger partial charge in [-0.05, 0) is 18.1 Å². The number of halogens is 1. The van der Waals surface area contributed by atoms with Crippen molar-refractivity contribution in [2.75, 3.05) is 7.11 Å². The van der Waals surface area contributed by atoms with Gasteiger partial charge in [0, 0.05) is 6.42 Å². The molecule has 0 bridgehead atoms. The van der Waals surface area contributed by atoms with Gasteiger partial charge in [-0.25, -0.2) is 4.39 Å². The zero-order valence-corrected chi connectivity index (χ0v) is 9.48. The van der Waals surface area contributed by atoms with Gasteiger partial charge in [0.25, 0.3) is 0 Å². The van der Waals surface area contributed by atoms with Crippen molar-refractivity contribution in [3.8, 4) is 5.75 Å². The van der Waals surface area contributed by atoms with Crippen LogP contribution in [0.15, 0.2) is 18.2 Å². The summed E-state index contributed by atoms with van der Waals surface area (Å²) < 4.78 is 18.5. The van der Waals surface area contributed by atoms with Gasteiger partial charge in [-0.1, -0.05) is 19.1 Å². The van der Waals surface area contributed by atoms with Gasteiger partial charge < -0.3 is 14.9 Å². The third kappa shape index (κ3) is 2.93. The molecule has 1 aromatic rings. The Morgan fingerprint density at radius 3 is 2.56 bits per heavy atom. The summed E-state index contributed by atoms with van der Waals surface area (Å²) >= 11 is 0. The van der Waals surface area contributed by atoms with Crippen molar-refractivity contribution in [1.29, 1.82) is 0 Å². The van der Waals surface area contributed by atoms with Crippen molar-refractivity contribution in [3.63, 3.8) is 0 Å². The number of ether oxygens (including phenoxy) is 1. The second kappa shape index (κ2) is 5.82. The molecular weight excluding hydrogens is 211 g/mol. The van der Waals surface area contributed by atoms with Crippen molar-refractivity contribution < 1.29 is 19.3 Å². The van der Waals surface area contributed by atoms with E-state index < -0.39 is 18.0 Å². The van der Waals surface area contributed by atoms with Crippen LogP contribution in [0.5, 0.6) is 5.75 Å². The number of methoxy groups -OCH3 is 1. The Hall–Kier alpha value is -1.13. The molecule has 0 saturated heterocycles. The number of aliphatic hydroxyl groups excluding tert-OH is 2. The lowest BCUT2D eigenvalue weighted by molar-refractivity contribution is 0.0177. The smallest absolute Gasteiger partial charge is 0.168 e. The summed E-state index contributed by atoms with van der Waals surface area (Å²) in [7, 11) is 1.39. The lowest BCUT2D eigenvalue weighted by Gasteiger charge is -2.16. The second-order valence-corrected chi connectivity index (χ2v) is 3.68. The molecule has 0 aliphatic carbocycles. The lowest BCUT2D eigenvalue weighted by Crippen LogP contribution is -2.27. The topological polar surface area (TPSA) is 49.7 Å². The Balaban J connectivity index is 2.81. The Labute approximate surface area is 94.5 Å². The summed E-state index contributed by atoms with van der Waals surface area (Å²) in [6.45, 7) is 1.76. The fraction of sp³-hybridized carbons (Fsp3) is 0.500. The van der Waals surface area contributed by atoms with Crippen LogP contribution in [0.1, 0.15) is 18.9 Å². The van der Waals surface area contributed by atoms with Gasteiger partial charge in [0.05, 0.1) is 19.3 Å². The van der Waals surface area contributed by atoms with Gasteiger partial charge in [0.2, 0.25) is 0 Å². The normalized spacial score (nSPS) is 14.6. The van der Waals surface area contributed by atoms with Crippen molar-refractivity contribution >= 4 is 0 Å². The summed E-state index contributed by atoms with van der Waals surface area (Å²) in [6, 6.07) is 4.74. The molecule has 0 fully saturated rings. The third-order valence-corrected chi connectivity index (χ3v) is 2.55. The first-order chi connectivity index (χ1) is 7.60. The van der Waals surface area contributed by atoms with E-state index in [1.54, 1.807) is 19.1 Å². The first-order valence-electron chi connectivity index (χ1n) is 5.27. The van der Waals surface area contributed by atoms with Gasteiger partial charge >= 0.3 is 0 Å². The van der Waals surface area contributed by atoms with Gasteiger partial charge in [0.1, 0.15) is 0 Å². The number of rotatable bonds is 5. The molecule has 0 aliphatic heterocycles. The van der Waals surface area contributed by atoms with Crippen LogP contribution >= 0.6 is 0 Å². The molecule has 0 heterocycles. The molecule has 2 atom stereocenters. The average Bonchev–Trinajstić information content (AvgIpc) is 2.30. The minimum absolute atomic E-state index is 0.0814. The van der Waals surface area contributed by atoms with Crippen LogP contribution in [-0.2, 0) is 6.42 Å². The predicted octanol–water partition coefficient (Wildman–Crippen LogP) is 1.51. The van der Waals surface area contributed by atoms with Gasteiger partial charge in [-0.2, -0.15) is 0 Å². The molecule has 0 saturated carbocycles. The monoisotopic (exact) mass is 228 g/mol. The fourth-order valence-corrected chi connectivity index (χ4v) is 1.50. The quantitative estimate of drug-likeness (QED) is 0.803. The standard InChI is InChI=1S/C12H17FO3/c1-3-9(14)10(15)7-8-5-4-6-11(16-2)12(8)13/h4-6,9-10,14-15H,3,7H2,1-2H3. The van der Waals surface area contributed by atoms with E-state index in [2.05, 4.69) is 0 Å². The minimum Gasteiger partial charge on any atom is -0.494 e. The molecule has 0 aliphatic rings. The van der Waals surface area contributed by atoms with E-state index in [0.717, 1.165) is 0 Å². The van der Waals surface area contributed by atoms with Crippen molar-refractivity contribution in [1.82, 2.24) is 0 Å². The highest BCUT2D eigenvalue weighted by molar-refractivity contribution is 5.31. The molecule has 1 rings (SSSR count). The van der Waals surface area contributed by atoms with Crippen LogP contribution < -0.4 is 4.74 Å². The Bertz CT molecular complexity index is 341. The number of aliphatic hydroxyl groups is 2. The SMILES string of the molecule is CCC(O)C(O)Cc1cccc(OC)c1F. The Morgan fingerprint density at radius 1 is 1.31 bits per heavy atom. The lowest BCUT2D eigenvalue weighted by atomic mass is 10.0. The van der Waals surface area contributed by atoms with Crippen LogP contribution in [-0.4, -0.2) is 29.5 Å². The molecule has 1 aromatic carbocycles. The molecule has 4 heteroatoms. The third-order valence-electron chi connectivity index (χ3n) is 2.55. The number of hydrogen-bond acceptors (Lipinski definition) is 3. The molecule has 90 valence electrons. The summed E-state index contributed by atoms with van der Waals surface area (Å²) in [4.78, 5) is 0. The molecule has 0 amide bonds. The molecular formula is C12H17FO3. The zero-order valence-electron chi connectivity index (χ0n) is 9.48. The van der Waals surface area contributed by atoms with E-state index >= 15 is 0 Å². The Kier molecular flexibility index (Phi) is 4.71. The predicted molar refractivity (Wildman–Crippen MR) is 59.0 cm³/mol. The molecule has 0 aromatic heterocycles. The molecule has 2 unspecified atom stereocenters. The number of hydrogen-bond donors (Lipinski definition) is 2. The van der Waals surface area contributed by atoms with E-state index in [9.17, 15) is 14.6 Å². The first kappa shape index (κ1) is 12.9. The van der Waals surface area contributed by atoms with Crippen LogP contribution in [0, 0.1) is 5.82 Å². The average molecular weight is 228 g/mol. The summed E-state index contributed by atoms with van der Waals surface area (Å²) in [5.41, 5.74) is 0.347. The van der Waals surface area contributed by atoms with Gasteiger partial charge in [-0.3, -0.25) is 0 Å². The van der Waals surface area contributed by atoms with E-state index in [-0.39, 0.29) is 12.2 Å². The zero-order chi connectivity index (χ0) is 12.1. The maximum atomic E-state index is 13.7. The second-order valence-electron chi connectivity index (χ2n) is 3.68. The van der Waals surface area contributed by atoms with Crippen molar-refractivity contribution in [3.05, 3.63) is 29.6 Å². The molecule has 0 radical (unpaired) electrons. The van der Waals surface area contributed by atoms with Crippen LogP contribution in [0.4, 0.5) is 4.39 Å². The summed E-state index contributed by atoms with van der Waals surface area (Å²) in [5, 5.41) is 19.0. The highest BCUT2D eigenvalue weighted by Gasteiger charge is 2.18. The number of benzene rings is 1. The largest absolute Gasteiger partial charge is 0.494 e. The van der Waals surface area contributed by atoms with Crippen LogP contribution in [0.2, 0.25) is 0 Å². The first-order valence-corrected chi connectivity index (χ1v) is 5.27. The molecule has 2 N–H and O–H groups in total. The van der Waals surface area contributed by atoms with Crippen LogP contribution in [0.25, 0.3) is 0 Å². The van der Waals surface area contributed by atoms with Gasteiger partial charge in [-0.15, -0.1) is 0 Å². The highest BCUT2D eigenvalue weighted by atomic mass is 19.1. The minimum atomic E-state index is -0.952. The molecule has 16 heavy (non-hydrogen) atoms. The van der Waals surface area contributed by atoms with E-state index in [4.69, 9.17) is 4.74 Å². The van der Waals surface area contributed by atoms with Crippen LogP contribution in [0.3, 0.4) is 0 Å². The van der Waals surface area contributed by atoms with Gasteiger partial charge in [0.15, 0.2) is 11.6 Å².